The minimum atomic E-state index is -4.15. The van der Waals surface area contributed by atoms with E-state index in [0.717, 1.165) is 0 Å². The highest BCUT2D eigenvalue weighted by Gasteiger charge is 2.40. The molecule has 1 unspecified atom stereocenters. The SMILES string of the molecule is CC(Cl)c1nnc(NCC(F)(F)C(F)F)o1. The number of nitrogens with zero attached hydrogens (tertiary/aromatic N) is 2. The molecule has 0 aromatic carbocycles. The molecule has 1 aromatic heterocycles. The molecule has 0 radical (unpaired) electrons. The van der Waals surface area contributed by atoms with E-state index < -0.39 is 24.3 Å². The van der Waals surface area contributed by atoms with Crippen molar-refractivity contribution < 1.29 is 22.0 Å². The Morgan fingerprint density at radius 3 is 2.50 bits per heavy atom. The standard InChI is InChI=1S/C7H8ClF4N3O/c1-3(8)4-14-15-6(16-4)13-2-7(11,12)5(9)10/h3,5H,2H2,1H3,(H,13,15). The van der Waals surface area contributed by atoms with Crippen LogP contribution in [-0.2, 0) is 0 Å². The van der Waals surface area contributed by atoms with Crippen molar-refractivity contribution in [3.8, 4) is 0 Å². The molecule has 0 saturated heterocycles. The highest BCUT2D eigenvalue weighted by Crippen LogP contribution is 2.24. The van der Waals surface area contributed by atoms with Gasteiger partial charge >= 0.3 is 18.4 Å². The zero-order valence-corrected chi connectivity index (χ0v) is 8.81. The van der Waals surface area contributed by atoms with Crippen LogP contribution in [0.4, 0.5) is 23.6 Å². The number of nitrogens with one attached hydrogen (secondary N) is 1. The predicted octanol–water partition coefficient (Wildman–Crippen LogP) is 2.68. The third kappa shape index (κ3) is 3.22. The summed E-state index contributed by atoms with van der Waals surface area (Å²) in [5.74, 6) is -4.13. The maximum absolute atomic E-state index is 12.5. The third-order valence-corrected chi connectivity index (χ3v) is 1.76. The van der Waals surface area contributed by atoms with Gasteiger partial charge in [0.2, 0.25) is 5.89 Å². The molecular weight excluding hydrogens is 254 g/mol. The highest BCUT2D eigenvalue weighted by atomic mass is 35.5. The van der Waals surface area contributed by atoms with Crippen molar-refractivity contribution in [2.45, 2.75) is 24.6 Å². The van der Waals surface area contributed by atoms with Crippen LogP contribution in [0.5, 0.6) is 0 Å². The fraction of sp³-hybridized carbons (Fsp3) is 0.714. The van der Waals surface area contributed by atoms with Crippen molar-refractivity contribution >= 4 is 17.6 Å². The normalized spacial score (nSPS) is 14.2. The number of aromatic nitrogens is 2. The van der Waals surface area contributed by atoms with Gasteiger partial charge in [-0.15, -0.1) is 16.7 Å². The summed E-state index contributed by atoms with van der Waals surface area (Å²) in [6.07, 6.45) is -3.76. The van der Waals surface area contributed by atoms with Crippen molar-refractivity contribution in [2.24, 2.45) is 0 Å². The Hall–Kier alpha value is -1.05. The van der Waals surface area contributed by atoms with E-state index in [4.69, 9.17) is 16.0 Å². The summed E-state index contributed by atoms with van der Waals surface area (Å²) in [6, 6.07) is -0.372. The first-order valence-corrected chi connectivity index (χ1v) is 4.64. The number of rotatable bonds is 5. The van der Waals surface area contributed by atoms with Gasteiger partial charge in [0.1, 0.15) is 5.38 Å². The van der Waals surface area contributed by atoms with Crippen molar-refractivity contribution in [1.82, 2.24) is 10.2 Å². The summed E-state index contributed by atoms with van der Waals surface area (Å²) in [5.41, 5.74) is 0. The molecule has 0 amide bonds. The second kappa shape index (κ2) is 4.86. The second-order valence-electron chi connectivity index (χ2n) is 2.98. The molecule has 92 valence electrons. The maximum Gasteiger partial charge on any atom is 0.324 e. The minimum absolute atomic E-state index is 0.0181. The van der Waals surface area contributed by atoms with Crippen LogP contribution in [0.25, 0.3) is 0 Å². The number of halogens is 5. The van der Waals surface area contributed by atoms with Gasteiger partial charge in [-0.2, -0.15) is 8.78 Å². The van der Waals surface area contributed by atoms with Gasteiger partial charge in [0.25, 0.3) is 0 Å². The molecule has 0 bridgehead atoms. The Morgan fingerprint density at radius 2 is 2.06 bits per heavy atom. The average molecular weight is 262 g/mol. The second-order valence-corrected chi connectivity index (χ2v) is 3.63. The van der Waals surface area contributed by atoms with E-state index in [1.165, 1.54) is 6.92 Å². The van der Waals surface area contributed by atoms with E-state index in [1.807, 2.05) is 5.32 Å². The van der Waals surface area contributed by atoms with E-state index in [2.05, 4.69) is 10.2 Å². The zero-order valence-electron chi connectivity index (χ0n) is 8.05. The van der Waals surface area contributed by atoms with Crippen LogP contribution >= 0.6 is 11.6 Å². The van der Waals surface area contributed by atoms with Gasteiger partial charge in [-0.3, -0.25) is 0 Å². The Balaban J connectivity index is 2.55. The number of hydrogen-bond donors (Lipinski definition) is 1. The van der Waals surface area contributed by atoms with Gasteiger partial charge in [-0.25, -0.2) is 8.78 Å². The summed E-state index contributed by atoms with van der Waals surface area (Å²) in [7, 11) is 0. The molecule has 16 heavy (non-hydrogen) atoms. The Kier molecular flexibility index (Phi) is 3.95. The molecular formula is C7H8ClF4N3O. The molecule has 0 saturated carbocycles. The maximum atomic E-state index is 12.5. The lowest BCUT2D eigenvalue weighted by Gasteiger charge is -2.14. The smallest absolute Gasteiger partial charge is 0.324 e. The summed E-state index contributed by atoms with van der Waals surface area (Å²) < 4.78 is 53.3. The molecule has 1 aromatic rings. The van der Waals surface area contributed by atoms with E-state index in [9.17, 15) is 17.6 Å². The van der Waals surface area contributed by atoms with Crippen molar-refractivity contribution in [1.29, 1.82) is 0 Å². The first kappa shape index (κ1) is 13.0. The largest absolute Gasteiger partial charge is 0.407 e. The summed E-state index contributed by atoms with van der Waals surface area (Å²) >= 11 is 5.56. The van der Waals surface area contributed by atoms with Gasteiger partial charge in [-0.1, -0.05) is 5.10 Å². The molecule has 1 heterocycles. The summed E-state index contributed by atoms with van der Waals surface area (Å²) in [5, 5.41) is 8.06. The van der Waals surface area contributed by atoms with Gasteiger partial charge in [0, 0.05) is 0 Å². The summed E-state index contributed by atoms with van der Waals surface area (Å²) in [6.45, 7) is 0.246. The fourth-order valence-electron chi connectivity index (χ4n) is 0.737. The molecule has 4 nitrogen and oxygen atoms in total. The van der Waals surface area contributed by atoms with E-state index in [1.54, 1.807) is 0 Å². The Labute approximate surface area is 93.0 Å². The lowest BCUT2D eigenvalue weighted by molar-refractivity contribution is -0.117. The fourth-order valence-corrected chi connectivity index (χ4v) is 0.826. The van der Waals surface area contributed by atoms with Crippen LogP contribution in [0, 0.1) is 0 Å². The average Bonchev–Trinajstić information content (AvgIpc) is 2.63. The predicted molar refractivity (Wildman–Crippen MR) is 48.0 cm³/mol. The van der Waals surface area contributed by atoms with Crippen LogP contribution in [0.2, 0.25) is 0 Å². The van der Waals surface area contributed by atoms with Crippen LogP contribution in [0.15, 0.2) is 4.42 Å². The number of anilines is 1. The molecule has 1 N–H and O–H groups in total. The zero-order chi connectivity index (χ0) is 12.3. The third-order valence-electron chi connectivity index (χ3n) is 1.58. The van der Waals surface area contributed by atoms with Crippen LogP contribution < -0.4 is 5.32 Å². The number of alkyl halides is 5. The molecule has 0 spiro atoms. The Morgan fingerprint density at radius 1 is 1.44 bits per heavy atom. The van der Waals surface area contributed by atoms with Crippen molar-refractivity contribution in [2.75, 3.05) is 11.9 Å². The lowest BCUT2D eigenvalue weighted by Crippen LogP contribution is -2.34. The quantitative estimate of drug-likeness (QED) is 0.654. The van der Waals surface area contributed by atoms with E-state index in [0.29, 0.717) is 0 Å². The summed E-state index contributed by atoms with van der Waals surface area (Å²) in [4.78, 5) is 0. The first-order chi connectivity index (χ1) is 7.33. The molecule has 0 aliphatic carbocycles. The minimum Gasteiger partial charge on any atom is -0.407 e. The topological polar surface area (TPSA) is 51.0 Å². The van der Waals surface area contributed by atoms with Crippen LogP contribution in [-0.4, -0.2) is 29.1 Å². The molecule has 9 heteroatoms. The first-order valence-electron chi connectivity index (χ1n) is 4.20. The molecule has 1 atom stereocenters. The Bertz CT molecular complexity index is 344. The van der Waals surface area contributed by atoms with Crippen molar-refractivity contribution in [3.05, 3.63) is 5.89 Å². The van der Waals surface area contributed by atoms with Crippen molar-refractivity contribution in [3.63, 3.8) is 0 Å². The van der Waals surface area contributed by atoms with Gasteiger partial charge in [0.15, 0.2) is 0 Å². The van der Waals surface area contributed by atoms with Gasteiger partial charge < -0.3 is 9.73 Å². The molecule has 1 rings (SSSR count). The highest BCUT2D eigenvalue weighted by molar-refractivity contribution is 6.20. The molecule has 0 aliphatic heterocycles. The monoisotopic (exact) mass is 261 g/mol. The molecule has 0 fully saturated rings. The molecule has 0 aliphatic rings. The lowest BCUT2D eigenvalue weighted by atomic mass is 10.3. The van der Waals surface area contributed by atoms with E-state index in [-0.39, 0.29) is 11.9 Å². The van der Waals surface area contributed by atoms with E-state index >= 15 is 0 Å². The van der Waals surface area contributed by atoms with Gasteiger partial charge in [-0.05, 0) is 6.92 Å². The van der Waals surface area contributed by atoms with Gasteiger partial charge in [0.05, 0.1) is 6.54 Å². The number of hydrogen-bond acceptors (Lipinski definition) is 4. The van der Waals surface area contributed by atoms with Crippen LogP contribution in [0.1, 0.15) is 18.2 Å². The van der Waals surface area contributed by atoms with Crippen LogP contribution in [0.3, 0.4) is 0 Å².